The molecule has 0 spiro atoms. The Morgan fingerprint density at radius 2 is 1.63 bits per heavy atom. The van der Waals surface area contributed by atoms with Crippen molar-refractivity contribution in [3.05, 3.63) is 101 Å². The van der Waals surface area contributed by atoms with Crippen molar-refractivity contribution in [3.8, 4) is 5.75 Å². The molecule has 1 heterocycles. The van der Waals surface area contributed by atoms with Gasteiger partial charge in [-0.15, -0.1) is 0 Å². The lowest BCUT2D eigenvalue weighted by Crippen LogP contribution is -2.45. The molecule has 0 saturated carbocycles. The normalized spacial score (nSPS) is 18.3. The molecular weight excluding hydrogens is 526 g/mol. The molecular formula is C32H33NO8. The summed E-state index contributed by atoms with van der Waals surface area (Å²) in [7, 11) is 0. The fourth-order valence-corrected chi connectivity index (χ4v) is 4.63. The van der Waals surface area contributed by atoms with E-state index >= 15 is 0 Å². The van der Waals surface area contributed by atoms with Crippen LogP contribution >= 0.6 is 0 Å². The molecule has 9 nitrogen and oxygen atoms in total. The Morgan fingerprint density at radius 3 is 2.24 bits per heavy atom. The summed E-state index contributed by atoms with van der Waals surface area (Å²) in [6.07, 6.45) is -1.27. The molecule has 0 fully saturated rings. The third kappa shape index (κ3) is 6.92. The van der Waals surface area contributed by atoms with Gasteiger partial charge >= 0.3 is 18.0 Å². The summed E-state index contributed by atoms with van der Waals surface area (Å²) in [5, 5.41) is 2.62. The Hall–Kier alpha value is -4.66. The van der Waals surface area contributed by atoms with E-state index in [1.165, 1.54) is 6.92 Å². The van der Waals surface area contributed by atoms with Crippen molar-refractivity contribution < 1.29 is 38.1 Å². The first-order valence-electron chi connectivity index (χ1n) is 13.2. The van der Waals surface area contributed by atoms with E-state index in [1.807, 2.05) is 36.4 Å². The number of hydrogen-bond donors (Lipinski definition) is 1. The first-order chi connectivity index (χ1) is 19.5. The highest BCUT2D eigenvalue weighted by Crippen LogP contribution is 2.47. The molecule has 3 aromatic rings. The van der Waals surface area contributed by atoms with Gasteiger partial charge in [-0.05, 0) is 43.5 Å². The van der Waals surface area contributed by atoms with Crippen LogP contribution in [0, 0.1) is 0 Å². The summed E-state index contributed by atoms with van der Waals surface area (Å²) < 4.78 is 22.3. The largest absolute Gasteiger partial charge is 0.458 e. The van der Waals surface area contributed by atoms with Crippen molar-refractivity contribution in [1.82, 2.24) is 5.32 Å². The maximum absolute atomic E-state index is 13.2. The first-order valence-corrected chi connectivity index (χ1v) is 13.2. The smallest absolute Gasteiger partial charge is 0.408 e. The van der Waals surface area contributed by atoms with Gasteiger partial charge in [0, 0.05) is 18.9 Å². The van der Waals surface area contributed by atoms with Crippen LogP contribution in [0.4, 0.5) is 4.79 Å². The van der Waals surface area contributed by atoms with Gasteiger partial charge in [-0.25, -0.2) is 9.59 Å². The maximum atomic E-state index is 13.2. The van der Waals surface area contributed by atoms with Crippen molar-refractivity contribution in [1.29, 1.82) is 0 Å². The van der Waals surface area contributed by atoms with Crippen LogP contribution in [0.3, 0.4) is 0 Å². The van der Waals surface area contributed by atoms with E-state index in [-0.39, 0.29) is 13.0 Å². The van der Waals surface area contributed by atoms with Crippen molar-refractivity contribution >= 4 is 24.3 Å². The van der Waals surface area contributed by atoms with Crippen molar-refractivity contribution in [2.24, 2.45) is 0 Å². The van der Waals surface area contributed by atoms with Crippen LogP contribution in [-0.2, 0) is 47.0 Å². The second-order valence-corrected chi connectivity index (χ2v) is 10.7. The van der Waals surface area contributed by atoms with Gasteiger partial charge in [0.15, 0.2) is 5.41 Å². The molecule has 41 heavy (non-hydrogen) atoms. The molecule has 4 rings (SSSR count). The van der Waals surface area contributed by atoms with Crippen LogP contribution in [0.1, 0.15) is 49.9 Å². The molecule has 1 aliphatic heterocycles. The minimum Gasteiger partial charge on any atom is -0.458 e. The van der Waals surface area contributed by atoms with Gasteiger partial charge in [0.2, 0.25) is 0 Å². The monoisotopic (exact) mass is 559 g/mol. The average molecular weight is 560 g/mol. The number of esters is 2. The van der Waals surface area contributed by atoms with Crippen LogP contribution in [-0.4, -0.2) is 42.3 Å². The first kappa shape index (κ1) is 29.3. The predicted octanol–water partition coefficient (Wildman–Crippen LogP) is 4.63. The third-order valence-electron chi connectivity index (χ3n) is 6.44. The number of carbonyl (C=O) groups excluding carboxylic acids is 4. The SMILES string of the molecule is CC(=O)OC1Oc2ccc(C[C@H](NC(=O)OCc3ccccc3)C(=O)OC(C)(C)C)cc2C1(C=O)c1ccccc1. The number of alkyl carbamates (subject to hydrolysis) is 1. The second kappa shape index (κ2) is 12.2. The fraction of sp³-hybridized carbons (Fsp3) is 0.312. The molecule has 0 saturated heterocycles. The minimum atomic E-state index is -1.44. The molecule has 0 radical (unpaired) electrons. The number of amides is 1. The molecule has 1 N–H and O–H groups in total. The number of ether oxygens (including phenoxy) is 4. The maximum Gasteiger partial charge on any atom is 0.408 e. The number of fused-ring (bicyclic) bond motifs is 1. The molecule has 214 valence electrons. The van der Waals surface area contributed by atoms with Gasteiger partial charge in [-0.1, -0.05) is 72.8 Å². The fourth-order valence-electron chi connectivity index (χ4n) is 4.63. The zero-order valence-electron chi connectivity index (χ0n) is 23.4. The Morgan fingerprint density at radius 1 is 0.976 bits per heavy atom. The average Bonchev–Trinajstić information content (AvgIpc) is 3.24. The molecule has 3 aromatic carbocycles. The highest BCUT2D eigenvalue weighted by Gasteiger charge is 2.53. The predicted molar refractivity (Wildman–Crippen MR) is 149 cm³/mol. The van der Waals surface area contributed by atoms with Crippen LogP contribution in [0.15, 0.2) is 78.9 Å². The number of hydrogen-bond acceptors (Lipinski definition) is 8. The highest BCUT2D eigenvalue weighted by molar-refractivity contribution is 5.83. The van der Waals surface area contributed by atoms with Gasteiger partial charge in [0.25, 0.3) is 6.29 Å². The van der Waals surface area contributed by atoms with E-state index in [0.29, 0.717) is 28.7 Å². The lowest BCUT2D eigenvalue weighted by atomic mass is 9.75. The van der Waals surface area contributed by atoms with E-state index in [1.54, 1.807) is 63.2 Å². The highest BCUT2D eigenvalue weighted by atomic mass is 16.7. The van der Waals surface area contributed by atoms with Gasteiger partial charge in [-0.3, -0.25) is 4.79 Å². The molecule has 1 aliphatic rings. The van der Waals surface area contributed by atoms with E-state index in [9.17, 15) is 19.2 Å². The van der Waals surface area contributed by atoms with E-state index in [2.05, 4.69) is 5.32 Å². The summed E-state index contributed by atoms with van der Waals surface area (Å²) in [5.41, 5.74) is 0.205. The van der Waals surface area contributed by atoms with Gasteiger partial charge in [-0.2, -0.15) is 0 Å². The topological polar surface area (TPSA) is 117 Å². The summed E-state index contributed by atoms with van der Waals surface area (Å²) in [6.45, 7) is 6.47. The van der Waals surface area contributed by atoms with Crippen LogP contribution in [0.5, 0.6) is 5.75 Å². The Labute approximate surface area is 238 Å². The zero-order valence-corrected chi connectivity index (χ0v) is 23.4. The number of benzene rings is 3. The summed E-state index contributed by atoms with van der Waals surface area (Å²) in [6, 6.07) is 22.0. The number of nitrogens with one attached hydrogen (secondary N) is 1. The lowest BCUT2D eigenvalue weighted by Gasteiger charge is -2.28. The molecule has 0 aromatic heterocycles. The minimum absolute atomic E-state index is 0.0281. The number of carbonyl (C=O) groups is 4. The third-order valence-corrected chi connectivity index (χ3v) is 6.44. The molecule has 0 aliphatic carbocycles. The Balaban J connectivity index is 1.64. The summed E-state index contributed by atoms with van der Waals surface area (Å²) >= 11 is 0. The standard InChI is InChI=1S/C32H33NO8/c1-21(35)39-29-32(20-34,24-13-9-6-10-14-24)25-17-23(15-16-27(25)40-29)18-26(28(36)41-31(2,3)4)33-30(37)38-19-22-11-7-5-8-12-22/h5-17,20,26,29H,18-19H2,1-4H3,(H,33,37)/t26-,29?,32?/m0/s1. The van der Waals surface area contributed by atoms with E-state index < -0.39 is 41.4 Å². The Bertz CT molecular complexity index is 1400. The van der Waals surface area contributed by atoms with Gasteiger partial charge in [0.05, 0.1) is 0 Å². The number of rotatable bonds is 9. The van der Waals surface area contributed by atoms with Crippen molar-refractivity contribution in [2.45, 2.75) is 64.1 Å². The molecule has 2 unspecified atom stereocenters. The Kier molecular flexibility index (Phi) is 8.76. The van der Waals surface area contributed by atoms with Crippen LogP contribution < -0.4 is 10.1 Å². The molecule has 3 atom stereocenters. The van der Waals surface area contributed by atoms with E-state index in [0.717, 1.165) is 5.56 Å². The molecule has 9 heteroatoms. The number of aldehydes is 1. The zero-order chi connectivity index (χ0) is 29.6. The van der Waals surface area contributed by atoms with Crippen molar-refractivity contribution in [3.63, 3.8) is 0 Å². The second-order valence-electron chi connectivity index (χ2n) is 10.7. The summed E-state index contributed by atoms with van der Waals surface area (Å²) in [5.74, 6) is -0.887. The molecule has 0 bridgehead atoms. The molecule has 1 amide bonds. The quantitative estimate of drug-likeness (QED) is 0.229. The lowest BCUT2D eigenvalue weighted by molar-refractivity contribution is -0.165. The van der Waals surface area contributed by atoms with E-state index in [4.69, 9.17) is 18.9 Å². The van der Waals surface area contributed by atoms with Crippen LogP contribution in [0.25, 0.3) is 0 Å². The van der Waals surface area contributed by atoms with Gasteiger partial charge in [0.1, 0.15) is 30.3 Å². The van der Waals surface area contributed by atoms with Gasteiger partial charge < -0.3 is 29.1 Å². The van der Waals surface area contributed by atoms with Crippen molar-refractivity contribution in [2.75, 3.05) is 0 Å². The summed E-state index contributed by atoms with van der Waals surface area (Å²) in [4.78, 5) is 50.6. The van der Waals surface area contributed by atoms with Crippen LogP contribution in [0.2, 0.25) is 0 Å².